The zero-order valence-corrected chi connectivity index (χ0v) is 18.8. The fourth-order valence-corrected chi connectivity index (χ4v) is 6.18. The summed E-state index contributed by atoms with van der Waals surface area (Å²) < 4.78 is 27.5. The van der Waals surface area contributed by atoms with E-state index in [0.29, 0.717) is 22.4 Å². The molecule has 0 spiro atoms. The number of fused-ring (bicyclic) bond motifs is 1. The van der Waals surface area contributed by atoms with Crippen molar-refractivity contribution in [1.29, 1.82) is 0 Å². The van der Waals surface area contributed by atoms with Crippen molar-refractivity contribution in [3.8, 4) is 11.3 Å². The number of sulfonamides is 1. The normalized spacial score (nSPS) is 19.6. The van der Waals surface area contributed by atoms with Crippen LogP contribution >= 0.6 is 11.6 Å². The van der Waals surface area contributed by atoms with Gasteiger partial charge in [-0.3, -0.25) is 4.79 Å². The lowest BCUT2D eigenvalue weighted by atomic mass is 9.83. The van der Waals surface area contributed by atoms with E-state index in [-0.39, 0.29) is 22.6 Å². The van der Waals surface area contributed by atoms with E-state index in [0.717, 1.165) is 36.6 Å². The summed E-state index contributed by atoms with van der Waals surface area (Å²) >= 11 is 6.26. The van der Waals surface area contributed by atoms with Crippen molar-refractivity contribution in [1.82, 2.24) is 4.57 Å². The molecule has 1 aromatic heterocycles. The molecule has 31 heavy (non-hydrogen) atoms. The first-order chi connectivity index (χ1) is 14.7. The average molecular weight is 461 g/mol. The number of rotatable bonds is 5. The van der Waals surface area contributed by atoms with Crippen LogP contribution in [0.25, 0.3) is 22.2 Å². The largest absolute Gasteiger partial charge is 0.481 e. The summed E-state index contributed by atoms with van der Waals surface area (Å²) in [6.45, 7) is 0. The fourth-order valence-electron chi connectivity index (χ4n) is 4.89. The standard InChI is InChI=1S/C23H25ClN2O4S/c1-26-20-8-3-2-5-17(20)19(13-21(27)28)22(26)18-7-4-6-16(23(18)31(25,29)30)14-9-11-15(24)12-10-14/h2-8,14-15H,9-13H2,1H3,(H,27,28)(H2,25,29,30). The number of carboxylic acid groups (broad SMARTS) is 1. The molecule has 3 N–H and O–H groups in total. The SMILES string of the molecule is Cn1c(-c2cccc(C3CCC(Cl)CC3)c2S(N)(=O)=O)c(CC(=O)O)c2ccccc21. The highest BCUT2D eigenvalue weighted by Gasteiger charge is 2.30. The third-order valence-electron chi connectivity index (χ3n) is 6.22. The van der Waals surface area contributed by atoms with E-state index in [4.69, 9.17) is 16.7 Å². The molecule has 0 atom stereocenters. The van der Waals surface area contributed by atoms with Gasteiger partial charge in [-0.05, 0) is 48.8 Å². The number of primary sulfonamides is 1. The van der Waals surface area contributed by atoms with Crippen LogP contribution in [0.2, 0.25) is 0 Å². The van der Waals surface area contributed by atoms with Gasteiger partial charge in [-0.25, -0.2) is 13.6 Å². The number of alkyl halides is 1. The predicted octanol–water partition coefficient (Wildman–Crippen LogP) is 4.38. The summed E-state index contributed by atoms with van der Waals surface area (Å²) in [6.07, 6.45) is 2.99. The lowest BCUT2D eigenvalue weighted by molar-refractivity contribution is -0.136. The Morgan fingerprint density at radius 2 is 1.81 bits per heavy atom. The van der Waals surface area contributed by atoms with Crippen molar-refractivity contribution >= 4 is 38.5 Å². The molecule has 8 heteroatoms. The monoisotopic (exact) mass is 460 g/mol. The van der Waals surface area contributed by atoms with E-state index in [1.165, 1.54) is 0 Å². The number of hydrogen-bond donors (Lipinski definition) is 2. The summed E-state index contributed by atoms with van der Waals surface area (Å²) in [5, 5.41) is 16.2. The molecule has 3 aromatic rings. The van der Waals surface area contributed by atoms with Crippen molar-refractivity contribution in [2.24, 2.45) is 12.2 Å². The van der Waals surface area contributed by atoms with Gasteiger partial charge in [0, 0.05) is 28.9 Å². The maximum absolute atomic E-state index is 12.8. The topological polar surface area (TPSA) is 102 Å². The highest BCUT2D eigenvalue weighted by Crippen LogP contribution is 2.43. The summed E-state index contributed by atoms with van der Waals surface area (Å²) in [5.74, 6) is -0.938. The van der Waals surface area contributed by atoms with Gasteiger partial charge in [0.15, 0.2) is 0 Å². The quantitative estimate of drug-likeness (QED) is 0.551. The molecule has 4 rings (SSSR count). The van der Waals surface area contributed by atoms with E-state index in [9.17, 15) is 18.3 Å². The number of aromatic nitrogens is 1. The van der Waals surface area contributed by atoms with Gasteiger partial charge in [0.25, 0.3) is 0 Å². The number of nitrogens with two attached hydrogens (primary N) is 1. The minimum atomic E-state index is -4.07. The van der Waals surface area contributed by atoms with Gasteiger partial charge in [-0.2, -0.15) is 0 Å². The number of hydrogen-bond acceptors (Lipinski definition) is 3. The van der Waals surface area contributed by atoms with Crippen LogP contribution < -0.4 is 5.14 Å². The van der Waals surface area contributed by atoms with Gasteiger partial charge in [0.2, 0.25) is 10.0 Å². The van der Waals surface area contributed by atoms with Crippen molar-refractivity contribution in [2.75, 3.05) is 0 Å². The van der Waals surface area contributed by atoms with E-state index >= 15 is 0 Å². The maximum Gasteiger partial charge on any atom is 0.307 e. The minimum absolute atomic E-state index is 0.0425. The number of carboxylic acids is 1. The summed E-state index contributed by atoms with van der Waals surface area (Å²) in [5.41, 5.74) is 3.12. The molecule has 0 aliphatic heterocycles. The predicted molar refractivity (Wildman–Crippen MR) is 122 cm³/mol. The molecule has 6 nitrogen and oxygen atoms in total. The molecule has 0 amide bonds. The van der Waals surface area contributed by atoms with E-state index in [1.54, 1.807) is 6.07 Å². The number of benzene rings is 2. The van der Waals surface area contributed by atoms with Crippen LogP contribution in [0.1, 0.15) is 42.7 Å². The Morgan fingerprint density at radius 3 is 2.45 bits per heavy atom. The highest BCUT2D eigenvalue weighted by atomic mass is 35.5. The Morgan fingerprint density at radius 1 is 1.13 bits per heavy atom. The van der Waals surface area contributed by atoms with E-state index < -0.39 is 16.0 Å². The van der Waals surface area contributed by atoms with Crippen molar-refractivity contribution < 1.29 is 18.3 Å². The average Bonchev–Trinajstić information content (AvgIpc) is 2.99. The third kappa shape index (κ3) is 4.10. The zero-order valence-electron chi connectivity index (χ0n) is 17.2. The maximum atomic E-state index is 12.8. The van der Waals surface area contributed by atoms with Crippen LogP contribution in [-0.2, 0) is 28.3 Å². The van der Waals surface area contributed by atoms with Gasteiger partial charge in [-0.15, -0.1) is 11.6 Å². The summed E-state index contributed by atoms with van der Waals surface area (Å²) in [6, 6.07) is 12.8. The van der Waals surface area contributed by atoms with Crippen LogP contribution in [0, 0.1) is 0 Å². The second-order valence-electron chi connectivity index (χ2n) is 8.19. The Bertz CT molecular complexity index is 1260. The molecule has 0 radical (unpaired) electrons. The lowest BCUT2D eigenvalue weighted by Gasteiger charge is -2.27. The third-order valence-corrected chi connectivity index (χ3v) is 7.68. The lowest BCUT2D eigenvalue weighted by Crippen LogP contribution is -2.20. The number of para-hydroxylation sites is 1. The molecule has 1 fully saturated rings. The van der Waals surface area contributed by atoms with Crippen LogP contribution in [-0.4, -0.2) is 29.4 Å². The van der Waals surface area contributed by atoms with E-state index in [1.807, 2.05) is 48.0 Å². The van der Waals surface area contributed by atoms with Gasteiger partial charge in [0.05, 0.1) is 17.0 Å². The van der Waals surface area contributed by atoms with Gasteiger partial charge in [0.1, 0.15) is 0 Å². The van der Waals surface area contributed by atoms with Gasteiger partial charge in [-0.1, -0.05) is 36.4 Å². The van der Waals surface area contributed by atoms with Crippen molar-refractivity contribution in [3.63, 3.8) is 0 Å². The molecule has 1 saturated carbocycles. The number of halogens is 1. The van der Waals surface area contributed by atoms with Crippen LogP contribution in [0.15, 0.2) is 47.4 Å². The Kier molecular flexibility index (Phi) is 5.85. The summed E-state index contributed by atoms with van der Waals surface area (Å²) in [7, 11) is -2.25. The molecule has 1 aliphatic rings. The smallest absolute Gasteiger partial charge is 0.307 e. The van der Waals surface area contributed by atoms with Gasteiger partial charge >= 0.3 is 5.97 Å². The van der Waals surface area contributed by atoms with E-state index in [2.05, 4.69) is 0 Å². The Balaban J connectivity index is 2.01. The molecule has 0 bridgehead atoms. The second-order valence-corrected chi connectivity index (χ2v) is 10.3. The molecule has 164 valence electrons. The first kappa shape index (κ1) is 21.9. The van der Waals surface area contributed by atoms with Crippen LogP contribution in [0.3, 0.4) is 0 Å². The fraction of sp³-hybridized carbons (Fsp3) is 0.348. The molecule has 0 unspecified atom stereocenters. The minimum Gasteiger partial charge on any atom is -0.481 e. The van der Waals surface area contributed by atoms with Crippen LogP contribution in [0.4, 0.5) is 0 Å². The molecule has 2 aromatic carbocycles. The second kappa shape index (κ2) is 8.30. The van der Waals surface area contributed by atoms with Crippen molar-refractivity contribution in [2.45, 2.75) is 48.3 Å². The molecule has 1 aliphatic carbocycles. The Hall–Kier alpha value is -2.35. The number of nitrogens with zero attached hydrogens (tertiary/aromatic N) is 1. The van der Waals surface area contributed by atoms with Crippen LogP contribution in [0.5, 0.6) is 0 Å². The number of carbonyl (C=O) groups is 1. The molecular formula is C23H25ClN2O4S. The number of aryl methyl sites for hydroxylation is 1. The molecule has 1 heterocycles. The molecule has 0 saturated heterocycles. The highest BCUT2D eigenvalue weighted by molar-refractivity contribution is 7.89. The molecular weight excluding hydrogens is 436 g/mol. The first-order valence-electron chi connectivity index (χ1n) is 10.3. The first-order valence-corrected chi connectivity index (χ1v) is 12.2. The van der Waals surface area contributed by atoms with Gasteiger partial charge < -0.3 is 9.67 Å². The number of aliphatic carboxylic acids is 1. The zero-order chi connectivity index (χ0) is 22.3. The Labute approximate surface area is 186 Å². The van der Waals surface area contributed by atoms with Crippen molar-refractivity contribution in [3.05, 3.63) is 53.6 Å². The summed E-state index contributed by atoms with van der Waals surface area (Å²) in [4.78, 5) is 11.8.